The van der Waals surface area contributed by atoms with Crippen LogP contribution in [0.15, 0.2) is 78.9 Å². The molecule has 3 aromatic carbocycles. The summed E-state index contributed by atoms with van der Waals surface area (Å²) in [6, 6.07) is 20.2. The molecule has 0 aliphatic carbocycles. The van der Waals surface area contributed by atoms with Gasteiger partial charge in [-0.1, -0.05) is 30.3 Å². The number of hydrogen-bond donors (Lipinski definition) is 1. The highest BCUT2D eigenvalue weighted by atomic mass is 16.7. The van der Waals surface area contributed by atoms with E-state index in [-0.39, 0.29) is 17.1 Å². The largest absolute Gasteiger partial charge is 0.508 e. The maximum atomic E-state index is 13.5. The van der Waals surface area contributed by atoms with Gasteiger partial charge in [0.1, 0.15) is 11.7 Å². The number of amides is 2. The van der Waals surface area contributed by atoms with E-state index in [1.165, 1.54) is 36.4 Å². The van der Waals surface area contributed by atoms with Crippen molar-refractivity contribution in [1.82, 2.24) is 0 Å². The Bertz CT molecular complexity index is 1200. The summed E-state index contributed by atoms with van der Waals surface area (Å²) in [5, 5.41) is 22.2. The number of para-hydroxylation sites is 1. The van der Waals surface area contributed by atoms with Gasteiger partial charge in [0.2, 0.25) is 5.91 Å². The molecule has 9 nitrogen and oxygen atoms in total. The molecule has 160 valence electrons. The quantitative estimate of drug-likeness (QED) is 0.383. The van der Waals surface area contributed by atoms with Gasteiger partial charge in [-0.15, -0.1) is 0 Å². The van der Waals surface area contributed by atoms with Gasteiger partial charge in [0.15, 0.2) is 6.10 Å². The summed E-state index contributed by atoms with van der Waals surface area (Å²) in [5.74, 6) is -1.74. The summed E-state index contributed by atoms with van der Waals surface area (Å²) < 4.78 is 0. The highest BCUT2D eigenvalue weighted by molar-refractivity contribution is 6.23. The van der Waals surface area contributed by atoms with Gasteiger partial charge in [-0.3, -0.25) is 24.5 Å². The first-order valence-corrected chi connectivity index (χ1v) is 9.88. The van der Waals surface area contributed by atoms with Crippen molar-refractivity contribution in [2.45, 2.75) is 12.1 Å². The lowest BCUT2D eigenvalue weighted by Crippen LogP contribution is -2.37. The summed E-state index contributed by atoms with van der Waals surface area (Å²) in [4.78, 5) is 44.1. The van der Waals surface area contributed by atoms with Crippen LogP contribution < -0.4 is 9.96 Å². The number of rotatable bonds is 4. The molecule has 2 aliphatic heterocycles. The normalized spacial score (nSPS) is 22.3. The number of phenols is 1. The Morgan fingerprint density at radius 1 is 0.844 bits per heavy atom. The van der Waals surface area contributed by atoms with Crippen molar-refractivity contribution in [3.8, 4) is 5.75 Å². The van der Waals surface area contributed by atoms with Crippen LogP contribution in [0.1, 0.15) is 11.6 Å². The van der Waals surface area contributed by atoms with Crippen molar-refractivity contribution >= 4 is 28.9 Å². The topological polar surface area (TPSA) is 113 Å². The Morgan fingerprint density at radius 2 is 1.50 bits per heavy atom. The second-order valence-electron chi connectivity index (χ2n) is 7.53. The molecule has 0 spiro atoms. The molecule has 2 aliphatic rings. The molecule has 2 saturated heterocycles. The van der Waals surface area contributed by atoms with Crippen LogP contribution in [0.2, 0.25) is 0 Å². The molecule has 0 unspecified atom stereocenters. The lowest BCUT2D eigenvalue weighted by atomic mass is 9.90. The Morgan fingerprint density at radius 3 is 2.12 bits per heavy atom. The number of carbonyl (C=O) groups excluding carboxylic acids is 2. The number of nitro groups is 1. The van der Waals surface area contributed by atoms with Crippen molar-refractivity contribution in [2.24, 2.45) is 5.92 Å². The second kappa shape index (κ2) is 7.47. The Balaban J connectivity index is 1.55. The molecule has 2 amide bonds. The fourth-order valence-electron chi connectivity index (χ4n) is 4.20. The number of carbonyl (C=O) groups is 2. The van der Waals surface area contributed by atoms with Crippen LogP contribution in [0.5, 0.6) is 5.75 Å². The number of hydrogen-bond acceptors (Lipinski definition) is 7. The van der Waals surface area contributed by atoms with Gasteiger partial charge < -0.3 is 5.11 Å². The van der Waals surface area contributed by atoms with Crippen LogP contribution in [-0.2, 0) is 14.4 Å². The molecule has 2 heterocycles. The summed E-state index contributed by atoms with van der Waals surface area (Å²) in [7, 11) is 0. The maximum absolute atomic E-state index is 13.5. The van der Waals surface area contributed by atoms with E-state index in [1.807, 2.05) is 30.3 Å². The van der Waals surface area contributed by atoms with Gasteiger partial charge in [-0.05, 0) is 42.0 Å². The van der Waals surface area contributed by atoms with E-state index in [1.54, 1.807) is 17.2 Å². The highest BCUT2D eigenvalue weighted by Crippen LogP contribution is 2.47. The van der Waals surface area contributed by atoms with Gasteiger partial charge in [0, 0.05) is 12.1 Å². The molecule has 3 atom stereocenters. The minimum Gasteiger partial charge on any atom is -0.508 e. The third kappa shape index (κ3) is 3.07. The molecule has 3 aromatic rings. The van der Waals surface area contributed by atoms with Gasteiger partial charge in [0.05, 0.1) is 22.3 Å². The van der Waals surface area contributed by atoms with E-state index >= 15 is 0 Å². The van der Waals surface area contributed by atoms with Crippen molar-refractivity contribution in [2.75, 3.05) is 9.96 Å². The minimum atomic E-state index is -1.04. The minimum absolute atomic E-state index is 0.0804. The van der Waals surface area contributed by atoms with Gasteiger partial charge >= 0.3 is 0 Å². The highest BCUT2D eigenvalue weighted by Gasteiger charge is 2.60. The smallest absolute Gasteiger partial charge is 0.269 e. The fourth-order valence-corrected chi connectivity index (χ4v) is 4.20. The zero-order valence-corrected chi connectivity index (χ0v) is 16.6. The Labute approximate surface area is 182 Å². The number of benzene rings is 3. The van der Waals surface area contributed by atoms with Gasteiger partial charge in [0.25, 0.3) is 11.6 Å². The third-order valence-corrected chi connectivity index (χ3v) is 5.68. The number of hydroxylamine groups is 1. The number of aromatic hydroxyl groups is 1. The van der Waals surface area contributed by atoms with E-state index in [2.05, 4.69) is 0 Å². The Kier molecular flexibility index (Phi) is 4.60. The van der Waals surface area contributed by atoms with Crippen molar-refractivity contribution < 1.29 is 24.5 Å². The monoisotopic (exact) mass is 431 g/mol. The number of nitro benzene ring substituents is 1. The van der Waals surface area contributed by atoms with Crippen LogP contribution in [0.3, 0.4) is 0 Å². The van der Waals surface area contributed by atoms with Crippen LogP contribution in [0.4, 0.5) is 17.1 Å². The van der Waals surface area contributed by atoms with Crippen molar-refractivity contribution in [3.63, 3.8) is 0 Å². The number of phenolic OH excluding ortho intramolecular Hbond substituents is 1. The third-order valence-electron chi connectivity index (χ3n) is 5.68. The molecule has 2 fully saturated rings. The first-order valence-electron chi connectivity index (χ1n) is 9.88. The van der Waals surface area contributed by atoms with E-state index in [0.29, 0.717) is 11.3 Å². The predicted octanol–water partition coefficient (Wildman–Crippen LogP) is 3.35. The summed E-state index contributed by atoms with van der Waals surface area (Å²) in [5.41, 5.74) is 1.49. The van der Waals surface area contributed by atoms with Gasteiger partial charge in [-0.25, -0.2) is 9.96 Å². The second-order valence-corrected chi connectivity index (χ2v) is 7.53. The SMILES string of the molecule is O=C1[C@H]2[C@@H](ON(c3ccccc3)[C@H]2c2ccc(O)cc2)C(=O)N1c1ccc([N+](=O)[O-])cc1. The van der Waals surface area contributed by atoms with Crippen molar-refractivity contribution in [3.05, 3.63) is 94.5 Å². The average Bonchev–Trinajstić information content (AvgIpc) is 3.31. The lowest BCUT2D eigenvalue weighted by Gasteiger charge is -2.28. The summed E-state index contributed by atoms with van der Waals surface area (Å²) in [6.07, 6.45) is -1.04. The standard InChI is InChI=1S/C23H17N3O6/c27-18-12-6-14(7-13-18)20-19-21(32-25(20)16-4-2-1-3-5-16)23(29)24(22(19)28)15-8-10-17(11-9-15)26(30)31/h1-13,19-21,27H/t19-,20+,21-/m1/s1. The zero-order chi connectivity index (χ0) is 22.4. The molecular weight excluding hydrogens is 414 g/mol. The average molecular weight is 431 g/mol. The number of nitrogens with zero attached hydrogens (tertiary/aromatic N) is 3. The number of fused-ring (bicyclic) bond motifs is 1. The first kappa shape index (κ1) is 19.7. The van der Waals surface area contributed by atoms with Crippen LogP contribution in [-0.4, -0.2) is 27.9 Å². The fraction of sp³-hybridized carbons (Fsp3) is 0.130. The van der Waals surface area contributed by atoms with Crippen LogP contribution in [0.25, 0.3) is 0 Å². The summed E-state index contributed by atoms with van der Waals surface area (Å²) >= 11 is 0. The molecule has 0 saturated carbocycles. The molecule has 0 radical (unpaired) electrons. The number of anilines is 2. The zero-order valence-electron chi connectivity index (χ0n) is 16.6. The van der Waals surface area contributed by atoms with Gasteiger partial charge in [-0.2, -0.15) is 0 Å². The van der Waals surface area contributed by atoms with E-state index in [0.717, 1.165) is 4.90 Å². The predicted molar refractivity (Wildman–Crippen MR) is 114 cm³/mol. The Hall–Kier alpha value is -4.24. The maximum Gasteiger partial charge on any atom is 0.269 e. The number of non-ortho nitro benzene ring substituents is 1. The first-order chi connectivity index (χ1) is 15.5. The van der Waals surface area contributed by atoms with E-state index in [9.17, 15) is 24.8 Å². The molecule has 1 N–H and O–H groups in total. The molecule has 0 bridgehead atoms. The number of imide groups is 1. The summed E-state index contributed by atoms with van der Waals surface area (Å²) in [6.45, 7) is 0. The molecule has 9 heteroatoms. The molecule has 5 rings (SSSR count). The molecule has 32 heavy (non-hydrogen) atoms. The molecular formula is C23H17N3O6. The molecule has 0 aromatic heterocycles. The van der Waals surface area contributed by atoms with Crippen LogP contribution >= 0.6 is 0 Å². The lowest BCUT2D eigenvalue weighted by molar-refractivity contribution is -0.384. The van der Waals surface area contributed by atoms with E-state index in [4.69, 9.17) is 4.84 Å². The van der Waals surface area contributed by atoms with Crippen molar-refractivity contribution in [1.29, 1.82) is 0 Å². The van der Waals surface area contributed by atoms with E-state index < -0.39 is 34.8 Å². The van der Waals surface area contributed by atoms with Crippen LogP contribution in [0, 0.1) is 16.0 Å².